The summed E-state index contributed by atoms with van der Waals surface area (Å²) in [4.78, 5) is 19.0. The van der Waals surface area contributed by atoms with Gasteiger partial charge in [0, 0.05) is 0 Å². The summed E-state index contributed by atoms with van der Waals surface area (Å²) in [6.07, 6.45) is 1.85. The Morgan fingerprint density at radius 1 is 1.17 bits per heavy atom. The number of aromatic nitrogens is 2. The maximum absolute atomic E-state index is 11.4. The summed E-state index contributed by atoms with van der Waals surface area (Å²) >= 11 is 0. The summed E-state index contributed by atoms with van der Waals surface area (Å²) in [5.74, 6) is 0.257. The van der Waals surface area contributed by atoms with Crippen molar-refractivity contribution in [2.75, 3.05) is 5.32 Å². The topological polar surface area (TPSA) is 81.0 Å². The fourth-order valence-corrected chi connectivity index (χ4v) is 2.74. The molecule has 0 bridgehead atoms. The number of hydrogen-bond donors (Lipinski definition) is 1. The summed E-state index contributed by atoms with van der Waals surface area (Å²) in [6, 6.07) is 14.1. The minimum Gasteiger partial charge on any atom is -0.358 e. The molecule has 0 aliphatic heterocycles. The molecule has 2 aromatic carbocycles. The molecule has 122 valence electrons. The largest absolute Gasteiger partial charge is 0.358 e. The molecule has 1 N–H and O–H groups in total. The maximum Gasteiger partial charge on any atom is 0.332 e. The first-order chi connectivity index (χ1) is 11.6. The van der Waals surface area contributed by atoms with Crippen LogP contribution >= 0.6 is 0 Å². The minimum atomic E-state index is -0.422. The Bertz CT molecular complexity index is 895. The number of aryl methyl sites for hydroxylation is 1. The Morgan fingerprint density at radius 3 is 2.62 bits per heavy atom. The highest BCUT2D eigenvalue weighted by Crippen LogP contribution is 2.29. The number of anilines is 1. The van der Waals surface area contributed by atoms with Crippen molar-refractivity contribution in [2.45, 2.75) is 26.3 Å². The Morgan fingerprint density at radius 2 is 1.92 bits per heavy atom. The van der Waals surface area contributed by atoms with Gasteiger partial charge in [0.15, 0.2) is 0 Å². The minimum absolute atomic E-state index is 0.0485. The summed E-state index contributed by atoms with van der Waals surface area (Å²) in [7, 11) is 0. The molecule has 24 heavy (non-hydrogen) atoms. The van der Waals surface area contributed by atoms with Crippen molar-refractivity contribution in [3.8, 4) is 0 Å². The first kappa shape index (κ1) is 15.9. The van der Waals surface area contributed by atoms with E-state index in [-0.39, 0.29) is 17.5 Å². The van der Waals surface area contributed by atoms with Crippen LogP contribution in [-0.4, -0.2) is 14.9 Å². The average molecular weight is 322 g/mol. The molecule has 0 radical (unpaired) electrons. The number of fused-ring (bicyclic) bond motifs is 1. The lowest BCUT2D eigenvalue weighted by molar-refractivity contribution is -0.385. The number of nitrogens with zero attached hydrogens (tertiary/aromatic N) is 3. The molecule has 3 aromatic rings. The van der Waals surface area contributed by atoms with E-state index in [1.165, 1.54) is 6.33 Å². The van der Waals surface area contributed by atoms with Gasteiger partial charge in [-0.25, -0.2) is 9.97 Å². The van der Waals surface area contributed by atoms with Crippen molar-refractivity contribution < 1.29 is 4.92 Å². The molecule has 0 fully saturated rings. The predicted octanol–water partition coefficient (Wildman–Crippen LogP) is 4.27. The van der Waals surface area contributed by atoms with Crippen LogP contribution in [0.2, 0.25) is 0 Å². The third-order valence-electron chi connectivity index (χ3n) is 4.04. The lowest BCUT2D eigenvalue weighted by Crippen LogP contribution is -2.11. The highest BCUT2D eigenvalue weighted by molar-refractivity contribution is 5.83. The van der Waals surface area contributed by atoms with Gasteiger partial charge in [-0.3, -0.25) is 10.1 Å². The van der Waals surface area contributed by atoms with Crippen LogP contribution in [0.3, 0.4) is 0 Å². The quantitative estimate of drug-likeness (QED) is 0.560. The molecule has 1 aromatic heterocycles. The summed E-state index contributed by atoms with van der Waals surface area (Å²) in [5, 5.41) is 16.8. The normalized spacial score (nSPS) is 12.1. The Labute approximate surface area is 139 Å². The van der Waals surface area contributed by atoms with E-state index in [2.05, 4.69) is 33.5 Å². The molecular formula is C18H18N4O2. The zero-order valence-corrected chi connectivity index (χ0v) is 13.6. The monoisotopic (exact) mass is 322 g/mol. The molecule has 0 aliphatic rings. The number of nitro groups is 1. The van der Waals surface area contributed by atoms with Crippen LogP contribution < -0.4 is 5.32 Å². The molecule has 1 atom stereocenters. The van der Waals surface area contributed by atoms with Gasteiger partial charge in [0.25, 0.3) is 0 Å². The zero-order chi connectivity index (χ0) is 17.1. The third kappa shape index (κ3) is 3.03. The number of hydrogen-bond acceptors (Lipinski definition) is 5. The van der Waals surface area contributed by atoms with Crippen LogP contribution in [0.25, 0.3) is 10.8 Å². The van der Waals surface area contributed by atoms with Crippen LogP contribution in [0.5, 0.6) is 0 Å². The predicted molar refractivity (Wildman–Crippen MR) is 94.1 cm³/mol. The smallest absolute Gasteiger partial charge is 0.332 e. The van der Waals surface area contributed by atoms with Crippen molar-refractivity contribution in [1.29, 1.82) is 0 Å². The SMILES string of the molecule is CCc1ncnc(NC(C)c2ccc3ccccc3c2)c1[N+](=O)[O-]. The van der Waals surface area contributed by atoms with Crippen LogP contribution in [0.4, 0.5) is 11.5 Å². The Hall–Kier alpha value is -3.02. The van der Waals surface area contributed by atoms with Crippen molar-refractivity contribution >= 4 is 22.3 Å². The molecule has 0 saturated heterocycles. The highest BCUT2D eigenvalue weighted by Gasteiger charge is 2.22. The average Bonchev–Trinajstić information content (AvgIpc) is 2.60. The number of rotatable bonds is 5. The van der Waals surface area contributed by atoms with Gasteiger partial charge in [0.05, 0.1) is 11.0 Å². The molecular weight excluding hydrogens is 304 g/mol. The summed E-state index contributed by atoms with van der Waals surface area (Å²) in [5.41, 5.74) is 1.43. The van der Waals surface area contributed by atoms with E-state index in [1.807, 2.05) is 38.1 Å². The van der Waals surface area contributed by atoms with Gasteiger partial charge in [0.1, 0.15) is 12.0 Å². The van der Waals surface area contributed by atoms with Gasteiger partial charge in [-0.05, 0) is 35.7 Å². The summed E-state index contributed by atoms with van der Waals surface area (Å²) < 4.78 is 0. The first-order valence-corrected chi connectivity index (χ1v) is 7.83. The van der Waals surface area contributed by atoms with E-state index in [4.69, 9.17) is 0 Å². The number of benzene rings is 2. The molecule has 6 heteroatoms. The van der Waals surface area contributed by atoms with E-state index in [9.17, 15) is 10.1 Å². The lowest BCUT2D eigenvalue weighted by atomic mass is 10.0. The highest BCUT2D eigenvalue weighted by atomic mass is 16.6. The molecule has 0 spiro atoms. The Kier molecular flexibility index (Phi) is 4.37. The van der Waals surface area contributed by atoms with Crippen LogP contribution in [0.15, 0.2) is 48.8 Å². The zero-order valence-electron chi connectivity index (χ0n) is 13.6. The van der Waals surface area contributed by atoms with Gasteiger partial charge in [0.2, 0.25) is 5.82 Å². The van der Waals surface area contributed by atoms with E-state index < -0.39 is 4.92 Å². The van der Waals surface area contributed by atoms with Crippen LogP contribution in [0, 0.1) is 10.1 Å². The molecule has 0 aliphatic carbocycles. The van der Waals surface area contributed by atoms with Gasteiger partial charge in [-0.2, -0.15) is 0 Å². The maximum atomic E-state index is 11.4. The van der Waals surface area contributed by atoms with Gasteiger partial charge < -0.3 is 5.32 Å². The molecule has 0 amide bonds. The van der Waals surface area contributed by atoms with Crippen molar-refractivity contribution in [1.82, 2.24) is 9.97 Å². The Balaban J connectivity index is 1.94. The van der Waals surface area contributed by atoms with E-state index in [0.29, 0.717) is 12.1 Å². The van der Waals surface area contributed by atoms with E-state index >= 15 is 0 Å². The molecule has 1 heterocycles. The van der Waals surface area contributed by atoms with Crippen molar-refractivity contribution in [3.05, 3.63) is 70.2 Å². The lowest BCUT2D eigenvalue weighted by Gasteiger charge is -2.16. The molecule has 6 nitrogen and oxygen atoms in total. The van der Waals surface area contributed by atoms with Crippen molar-refractivity contribution in [3.63, 3.8) is 0 Å². The fourth-order valence-electron chi connectivity index (χ4n) is 2.74. The number of nitrogens with one attached hydrogen (secondary N) is 1. The van der Waals surface area contributed by atoms with Gasteiger partial charge in [-0.1, -0.05) is 43.3 Å². The van der Waals surface area contributed by atoms with Crippen molar-refractivity contribution in [2.24, 2.45) is 0 Å². The standard InChI is InChI=1S/C18H18N4O2/c1-3-16-17(22(23)24)18(20-11-19-16)21-12(2)14-9-8-13-6-4-5-7-15(13)10-14/h4-12H,3H2,1-2H3,(H,19,20,21). The van der Waals surface area contributed by atoms with Crippen LogP contribution in [0.1, 0.15) is 31.1 Å². The van der Waals surface area contributed by atoms with Gasteiger partial charge >= 0.3 is 5.69 Å². The fraction of sp³-hybridized carbons (Fsp3) is 0.222. The molecule has 3 rings (SSSR count). The van der Waals surface area contributed by atoms with E-state index in [0.717, 1.165) is 16.3 Å². The molecule has 1 unspecified atom stereocenters. The van der Waals surface area contributed by atoms with E-state index in [1.54, 1.807) is 0 Å². The molecule has 0 saturated carbocycles. The summed E-state index contributed by atoms with van der Waals surface area (Å²) in [6.45, 7) is 3.80. The first-order valence-electron chi connectivity index (χ1n) is 7.83. The van der Waals surface area contributed by atoms with Crippen LogP contribution in [-0.2, 0) is 6.42 Å². The second-order valence-corrected chi connectivity index (χ2v) is 5.60. The van der Waals surface area contributed by atoms with Gasteiger partial charge in [-0.15, -0.1) is 0 Å². The second kappa shape index (κ2) is 6.62. The third-order valence-corrected chi connectivity index (χ3v) is 4.04. The second-order valence-electron chi connectivity index (χ2n) is 5.60.